The van der Waals surface area contributed by atoms with E-state index in [1.54, 1.807) is 0 Å². The van der Waals surface area contributed by atoms with Crippen LogP contribution in [-0.4, -0.2) is 47.7 Å². The molecular weight excluding hydrogens is 222 g/mol. The zero-order valence-electron chi connectivity index (χ0n) is 10.8. The zero-order chi connectivity index (χ0) is 11.3. The molecule has 0 N–H and O–H groups in total. The minimum Gasteiger partial charge on any atom is -0.251 e. The lowest BCUT2D eigenvalue weighted by molar-refractivity contribution is 0.305. The minimum atomic E-state index is -0.298. The van der Waals surface area contributed by atoms with Crippen molar-refractivity contribution in [2.24, 2.45) is 0 Å². The van der Waals surface area contributed by atoms with Gasteiger partial charge in [-0.1, -0.05) is 31.2 Å². The van der Waals surface area contributed by atoms with E-state index in [0.717, 1.165) is 6.04 Å². The predicted molar refractivity (Wildman–Crippen MR) is 77.3 cm³/mol. The number of nitrogens with zero attached hydrogens (tertiary/aromatic N) is 1. The Hall–Kier alpha value is 0.660. The molecule has 1 saturated carbocycles. The topological polar surface area (TPSA) is 3.24 Å². The van der Waals surface area contributed by atoms with Crippen molar-refractivity contribution >= 4 is 22.0 Å². The Labute approximate surface area is 102 Å². The van der Waals surface area contributed by atoms with Crippen molar-refractivity contribution in [1.82, 2.24) is 4.31 Å². The largest absolute Gasteiger partial charge is 0.251 e. The molecule has 1 aliphatic carbocycles. The normalized spacial score (nSPS) is 20.9. The van der Waals surface area contributed by atoms with Gasteiger partial charge in [-0.3, -0.25) is 4.31 Å². The predicted octanol–water partition coefficient (Wildman–Crippen LogP) is 3.59. The average molecular weight is 249 g/mol. The van der Waals surface area contributed by atoms with Gasteiger partial charge in [-0.15, -0.1) is 0 Å². The van der Waals surface area contributed by atoms with E-state index in [1.165, 1.54) is 43.6 Å². The van der Waals surface area contributed by atoms with Crippen LogP contribution in [0.2, 0.25) is 0 Å². The molecule has 0 aliphatic heterocycles. The summed E-state index contributed by atoms with van der Waals surface area (Å²) in [5, 5.41) is 0. The fourth-order valence-electron chi connectivity index (χ4n) is 1.98. The summed E-state index contributed by atoms with van der Waals surface area (Å²) in [7, 11) is 1.99. The van der Waals surface area contributed by atoms with Crippen molar-refractivity contribution in [3.05, 3.63) is 0 Å². The van der Waals surface area contributed by atoms with E-state index >= 15 is 0 Å². The third-order valence-electron chi connectivity index (χ3n) is 3.08. The third kappa shape index (κ3) is 6.08. The van der Waals surface area contributed by atoms with E-state index in [0.29, 0.717) is 0 Å². The van der Waals surface area contributed by atoms with Crippen molar-refractivity contribution in [2.75, 3.05) is 37.3 Å². The van der Waals surface area contributed by atoms with Crippen LogP contribution in [0.15, 0.2) is 0 Å². The van der Waals surface area contributed by atoms with Gasteiger partial charge < -0.3 is 0 Å². The molecule has 3 heteroatoms. The summed E-state index contributed by atoms with van der Waals surface area (Å²) < 4.78 is 2.53. The first-order chi connectivity index (χ1) is 6.99. The van der Waals surface area contributed by atoms with E-state index < -0.39 is 0 Å². The lowest BCUT2D eigenvalue weighted by atomic mass is 9.96. The van der Waals surface area contributed by atoms with Gasteiger partial charge in [0.05, 0.1) is 0 Å². The van der Waals surface area contributed by atoms with Gasteiger partial charge in [0.2, 0.25) is 0 Å². The van der Waals surface area contributed by atoms with Gasteiger partial charge in [0, 0.05) is 11.8 Å². The monoisotopic (exact) mass is 249 g/mol. The Kier molecular flexibility index (Phi) is 5.86. The number of hydrogen-bond acceptors (Lipinski definition) is 2. The summed E-state index contributed by atoms with van der Waals surface area (Å²) in [6.07, 6.45) is 14.4. The maximum absolute atomic E-state index is 2.53. The molecule has 0 unspecified atom stereocenters. The summed E-state index contributed by atoms with van der Waals surface area (Å²) in [5.74, 6) is 2.71. The van der Waals surface area contributed by atoms with Crippen LogP contribution in [0.25, 0.3) is 0 Å². The fraction of sp³-hybridized carbons (Fsp3) is 1.00. The van der Waals surface area contributed by atoms with Crippen LogP contribution in [0.3, 0.4) is 0 Å². The summed E-state index contributed by atoms with van der Waals surface area (Å²) in [6.45, 7) is 0. The van der Waals surface area contributed by atoms with Gasteiger partial charge in [-0.2, -0.15) is 0 Å². The summed E-state index contributed by atoms with van der Waals surface area (Å²) in [6, 6.07) is 0.860. The molecule has 0 radical (unpaired) electrons. The van der Waals surface area contributed by atoms with Crippen molar-refractivity contribution in [3.63, 3.8) is 0 Å². The molecule has 1 rings (SSSR count). The molecule has 15 heavy (non-hydrogen) atoms. The van der Waals surface area contributed by atoms with E-state index in [2.05, 4.69) is 42.1 Å². The molecule has 0 aromatic heterocycles. The third-order valence-corrected chi connectivity index (χ3v) is 5.86. The second-order valence-corrected chi connectivity index (χ2v) is 11.3. The SMILES string of the molecule is CN(SCCS(C)(C)C)C1CCCCC1. The molecule has 1 aliphatic rings. The van der Waals surface area contributed by atoms with Crippen molar-refractivity contribution in [3.8, 4) is 0 Å². The van der Waals surface area contributed by atoms with Crippen LogP contribution in [0.4, 0.5) is 0 Å². The first kappa shape index (κ1) is 13.7. The molecule has 1 nitrogen and oxygen atoms in total. The lowest BCUT2D eigenvalue weighted by Gasteiger charge is -2.31. The van der Waals surface area contributed by atoms with Gasteiger partial charge >= 0.3 is 0 Å². The average Bonchev–Trinajstić information content (AvgIpc) is 2.17. The van der Waals surface area contributed by atoms with Gasteiger partial charge in [0.25, 0.3) is 0 Å². The van der Waals surface area contributed by atoms with Gasteiger partial charge in [-0.25, -0.2) is 10.0 Å². The Bertz CT molecular complexity index is 171. The van der Waals surface area contributed by atoms with E-state index in [9.17, 15) is 0 Å². The molecule has 0 spiro atoms. The molecule has 92 valence electrons. The molecular formula is C12H27NS2. The quantitative estimate of drug-likeness (QED) is 0.685. The highest BCUT2D eigenvalue weighted by Crippen LogP contribution is 2.36. The second-order valence-electron chi connectivity index (χ2n) is 5.47. The fourth-order valence-corrected chi connectivity index (χ4v) is 4.99. The molecule has 0 heterocycles. The Morgan fingerprint density at radius 3 is 2.27 bits per heavy atom. The molecule has 0 atom stereocenters. The van der Waals surface area contributed by atoms with E-state index in [1.807, 2.05) is 0 Å². The van der Waals surface area contributed by atoms with Crippen molar-refractivity contribution in [1.29, 1.82) is 0 Å². The summed E-state index contributed by atoms with van der Waals surface area (Å²) in [4.78, 5) is 0. The molecule has 0 amide bonds. The van der Waals surface area contributed by atoms with Crippen LogP contribution in [0, 0.1) is 0 Å². The van der Waals surface area contributed by atoms with Crippen molar-refractivity contribution in [2.45, 2.75) is 38.1 Å². The minimum absolute atomic E-state index is 0.298. The molecule has 1 fully saturated rings. The van der Waals surface area contributed by atoms with Crippen LogP contribution < -0.4 is 0 Å². The molecule has 0 bridgehead atoms. The Morgan fingerprint density at radius 1 is 1.13 bits per heavy atom. The maximum Gasteiger partial charge on any atom is 0.0199 e. The van der Waals surface area contributed by atoms with Crippen LogP contribution in [0.5, 0.6) is 0 Å². The first-order valence-corrected chi connectivity index (χ1v) is 9.98. The number of rotatable bonds is 5. The second kappa shape index (κ2) is 6.41. The number of hydrogen-bond donors (Lipinski definition) is 0. The molecule has 0 aromatic carbocycles. The lowest BCUT2D eigenvalue weighted by Crippen LogP contribution is -2.28. The van der Waals surface area contributed by atoms with Gasteiger partial charge in [0.15, 0.2) is 0 Å². The first-order valence-electron chi connectivity index (χ1n) is 6.01. The van der Waals surface area contributed by atoms with E-state index in [-0.39, 0.29) is 10.0 Å². The molecule has 0 aromatic rings. The van der Waals surface area contributed by atoms with E-state index in [4.69, 9.17) is 0 Å². The zero-order valence-corrected chi connectivity index (χ0v) is 12.4. The Morgan fingerprint density at radius 2 is 1.73 bits per heavy atom. The smallest absolute Gasteiger partial charge is 0.0199 e. The van der Waals surface area contributed by atoms with Gasteiger partial charge in [0.1, 0.15) is 0 Å². The van der Waals surface area contributed by atoms with Crippen molar-refractivity contribution < 1.29 is 0 Å². The highest BCUT2D eigenvalue weighted by molar-refractivity contribution is 8.32. The standard InChI is InChI=1S/C12H27NS2/c1-13(12-8-6-5-7-9-12)14-10-11-15(2,3)4/h12H,5-11H2,1-4H3. The van der Waals surface area contributed by atoms with Gasteiger partial charge in [-0.05, 0) is 44.4 Å². The summed E-state index contributed by atoms with van der Waals surface area (Å²) in [5.41, 5.74) is 0. The summed E-state index contributed by atoms with van der Waals surface area (Å²) >= 11 is 2.06. The van der Waals surface area contributed by atoms with Crippen LogP contribution in [0.1, 0.15) is 32.1 Å². The molecule has 0 saturated heterocycles. The highest BCUT2D eigenvalue weighted by Gasteiger charge is 2.18. The maximum atomic E-state index is 2.53. The van der Waals surface area contributed by atoms with Crippen LogP contribution in [-0.2, 0) is 0 Å². The highest BCUT2D eigenvalue weighted by atomic mass is 32.3. The van der Waals surface area contributed by atoms with Crippen LogP contribution >= 0.6 is 22.0 Å². The Balaban J connectivity index is 2.14.